The first-order valence-corrected chi connectivity index (χ1v) is 5.86. The molecule has 0 fully saturated rings. The molecular formula is C12H12BrNO2. The van der Waals surface area contributed by atoms with E-state index in [0.717, 1.165) is 16.5 Å². The van der Waals surface area contributed by atoms with Gasteiger partial charge in [-0.1, -0.05) is 0 Å². The van der Waals surface area contributed by atoms with Gasteiger partial charge in [0.25, 0.3) is 0 Å². The van der Waals surface area contributed by atoms with Crippen LogP contribution in [-0.4, -0.2) is 10.1 Å². The van der Waals surface area contributed by atoms with E-state index < -0.39 is 6.10 Å². The van der Waals surface area contributed by atoms with Crippen LogP contribution in [0.2, 0.25) is 0 Å². The Bertz CT molecular complexity index is 441. The van der Waals surface area contributed by atoms with Crippen LogP contribution in [0.5, 0.6) is 0 Å². The number of furan rings is 1. The summed E-state index contributed by atoms with van der Waals surface area (Å²) in [7, 11) is 0. The minimum Gasteiger partial charge on any atom is -0.465 e. The third-order valence-corrected chi connectivity index (χ3v) is 3.06. The molecule has 84 valence electrons. The molecule has 3 nitrogen and oxygen atoms in total. The summed E-state index contributed by atoms with van der Waals surface area (Å²) in [4.78, 5) is 3.95. The van der Waals surface area contributed by atoms with Crippen LogP contribution in [0.4, 0.5) is 0 Å². The van der Waals surface area contributed by atoms with Gasteiger partial charge in [-0.2, -0.15) is 0 Å². The Morgan fingerprint density at radius 3 is 2.69 bits per heavy atom. The minimum absolute atomic E-state index is 0.572. The zero-order valence-electron chi connectivity index (χ0n) is 8.64. The molecule has 0 saturated heterocycles. The highest BCUT2D eigenvalue weighted by Crippen LogP contribution is 2.27. The van der Waals surface area contributed by atoms with Gasteiger partial charge >= 0.3 is 0 Å². The first-order chi connectivity index (χ1) is 7.77. The summed E-state index contributed by atoms with van der Waals surface area (Å²) in [5, 5.41) is 9.91. The SMILES string of the molecule is OC(CCc1ccncc1)c1occc1Br. The number of aromatic nitrogens is 1. The van der Waals surface area contributed by atoms with Crippen molar-refractivity contribution in [3.8, 4) is 0 Å². The molecule has 0 spiro atoms. The van der Waals surface area contributed by atoms with E-state index in [-0.39, 0.29) is 0 Å². The zero-order valence-corrected chi connectivity index (χ0v) is 10.2. The quantitative estimate of drug-likeness (QED) is 0.937. The van der Waals surface area contributed by atoms with Gasteiger partial charge in [0.2, 0.25) is 0 Å². The highest BCUT2D eigenvalue weighted by atomic mass is 79.9. The molecule has 2 rings (SSSR count). The van der Waals surface area contributed by atoms with Gasteiger partial charge in [-0.15, -0.1) is 0 Å². The lowest BCUT2D eigenvalue weighted by atomic mass is 10.1. The maximum atomic E-state index is 9.91. The molecule has 16 heavy (non-hydrogen) atoms. The molecule has 4 heteroatoms. The summed E-state index contributed by atoms with van der Waals surface area (Å²) in [6.07, 6.45) is 5.94. The van der Waals surface area contributed by atoms with Crippen molar-refractivity contribution < 1.29 is 9.52 Å². The molecule has 2 heterocycles. The maximum absolute atomic E-state index is 9.91. The van der Waals surface area contributed by atoms with Gasteiger partial charge in [-0.25, -0.2) is 0 Å². The van der Waals surface area contributed by atoms with Crippen LogP contribution in [0.15, 0.2) is 45.7 Å². The highest BCUT2D eigenvalue weighted by molar-refractivity contribution is 9.10. The smallest absolute Gasteiger partial charge is 0.146 e. The normalized spacial score (nSPS) is 12.6. The van der Waals surface area contributed by atoms with Gasteiger partial charge in [0.05, 0.1) is 10.7 Å². The van der Waals surface area contributed by atoms with Crippen molar-refractivity contribution in [3.05, 3.63) is 52.7 Å². The van der Waals surface area contributed by atoms with Crippen LogP contribution in [0.25, 0.3) is 0 Å². The lowest BCUT2D eigenvalue weighted by Crippen LogP contribution is -1.99. The lowest BCUT2D eigenvalue weighted by molar-refractivity contribution is 0.139. The van der Waals surface area contributed by atoms with Crippen LogP contribution in [-0.2, 0) is 6.42 Å². The summed E-state index contributed by atoms with van der Waals surface area (Å²) < 4.78 is 6.02. The molecule has 0 bridgehead atoms. The summed E-state index contributed by atoms with van der Waals surface area (Å²) in [6.45, 7) is 0. The van der Waals surface area contributed by atoms with Crippen LogP contribution < -0.4 is 0 Å². The summed E-state index contributed by atoms with van der Waals surface area (Å²) in [5.41, 5.74) is 1.16. The van der Waals surface area contributed by atoms with Crippen molar-refractivity contribution in [1.82, 2.24) is 4.98 Å². The summed E-state index contributed by atoms with van der Waals surface area (Å²) in [6, 6.07) is 5.68. The standard InChI is InChI=1S/C12H12BrNO2/c13-10-5-8-16-12(10)11(15)2-1-9-3-6-14-7-4-9/h3-8,11,15H,1-2H2. The van der Waals surface area contributed by atoms with E-state index in [1.807, 2.05) is 12.1 Å². The second kappa shape index (κ2) is 5.27. The number of aryl methyl sites for hydroxylation is 1. The molecule has 1 unspecified atom stereocenters. The number of hydrogen-bond donors (Lipinski definition) is 1. The van der Waals surface area contributed by atoms with Crippen LogP contribution >= 0.6 is 15.9 Å². The largest absolute Gasteiger partial charge is 0.465 e. The molecule has 0 amide bonds. The number of aliphatic hydroxyl groups excluding tert-OH is 1. The number of hydrogen-bond acceptors (Lipinski definition) is 3. The van der Waals surface area contributed by atoms with E-state index in [2.05, 4.69) is 20.9 Å². The lowest BCUT2D eigenvalue weighted by Gasteiger charge is -2.08. The fourth-order valence-corrected chi connectivity index (χ4v) is 1.99. The van der Waals surface area contributed by atoms with Crippen molar-refractivity contribution in [2.45, 2.75) is 18.9 Å². The van der Waals surface area contributed by atoms with Crippen molar-refractivity contribution in [2.75, 3.05) is 0 Å². The Morgan fingerprint density at radius 2 is 2.06 bits per heavy atom. The summed E-state index contributed by atoms with van der Waals surface area (Å²) >= 11 is 3.33. The summed E-state index contributed by atoms with van der Waals surface area (Å²) in [5.74, 6) is 0.592. The Morgan fingerprint density at radius 1 is 1.31 bits per heavy atom. The molecule has 1 N–H and O–H groups in total. The average molecular weight is 282 g/mol. The molecule has 0 aliphatic carbocycles. The Balaban J connectivity index is 1.94. The predicted octanol–water partition coefficient (Wildman–Crippen LogP) is 3.10. The van der Waals surface area contributed by atoms with Crippen LogP contribution in [0.1, 0.15) is 23.8 Å². The van der Waals surface area contributed by atoms with Gasteiger partial charge in [-0.05, 0) is 52.5 Å². The number of nitrogens with zero attached hydrogens (tertiary/aromatic N) is 1. The minimum atomic E-state index is -0.572. The molecule has 2 aromatic rings. The molecular weight excluding hydrogens is 270 g/mol. The Labute approximate surface area is 102 Å². The van der Waals surface area contributed by atoms with Crippen LogP contribution in [0, 0.1) is 0 Å². The molecule has 0 aromatic carbocycles. The number of halogens is 1. The molecule has 0 saturated carbocycles. The van der Waals surface area contributed by atoms with Crippen molar-refractivity contribution in [2.24, 2.45) is 0 Å². The Hall–Kier alpha value is -1.13. The topological polar surface area (TPSA) is 46.3 Å². The molecule has 0 aliphatic heterocycles. The fraction of sp³-hybridized carbons (Fsp3) is 0.250. The van der Waals surface area contributed by atoms with Crippen molar-refractivity contribution in [1.29, 1.82) is 0 Å². The molecule has 0 radical (unpaired) electrons. The van der Waals surface area contributed by atoms with E-state index in [1.165, 1.54) is 0 Å². The molecule has 1 atom stereocenters. The van der Waals surface area contributed by atoms with E-state index in [0.29, 0.717) is 12.2 Å². The third-order valence-electron chi connectivity index (χ3n) is 2.40. The second-order valence-corrected chi connectivity index (χ2v) is 4.40. The van der Waals surface area contributed by atoms with Gasteiger partial charge in [-0.3, -0.25) is 4.98 Å². The van der Waals surface area contributed by atoms with Gasteiger partial charge in [0.1, 0.15) is 11.9 Å². The Kier molecular flexibility index (Phi) is 3.74. The first-order valence-electron chi connectivity index (χ1n) is 5.07. The van der Waals surface area contributed by atoms with Crippen LogP contribution in [0.3, 0.4) is 0 Å². The van der Waals surface area contributed by atoms with E-state index in [1.54, 1.807) is 24.7 Å². The van der Waals surface area contributed by atoms with E-state index >= 15 is 0 Å². The van der Waals surface area contributed by atoms with E-state index in [9.17, 15) is 5.11 Å². The average Bonchev–Trinajstić information content (AvgIpc) is 2.74. The zero-order chi connectivity index (χ0) is 11.4. The van der Waals surface area contributed by atoms with Gasteiger partial charge < -0.3 is 9.52 Å². The van der Waals surface area contributed by atoms with Gasteiger partial charge in [0, 0.05) is 12.4 Å². The van der Waals surface area contributed by atoms with Crippen molar-refractivity contribution >= 4 is 15.9 Å². The van der Waals surface area contributed by atoms with Crippen molar-refractivity contribution in [3.63, 3.8) is 0 Å². The third kappa shape index (κ3) is 2.71. The molecule has 2 aromatic heterocycles. The number of pyridine rings is 1. The number of rotatable bonds is 4. The second-order valence-electron chi connectivity index (χ2n) is 3.54. The first kappa shape index (κ1) is 11.4. The number of aliphatic hydroxyl groups is 1. The monoisotopic (exact) mass is 281 g/mol. The van der Waals surface area contributed by atoms with E-state index in [4.69, 9.17) is 4.42 Å². The maximum Gasteiger partial charge on any atom is 0.146 e. The molecule has 0 aliphatic rings. The fourth-order valence-electron chi connectivity index (χ4n) is 1.53. The highest BCUT2D eigenvalue weighted by Gasteiger charge is 2.14. The predicted molar refractivity (Wildman–Crippen MR) is 63.9 cm³/mol. The van der Waals surface area contributed by atoms with Gasteiger partial charge in [0.15, 0.2) is 0 Å².